The molecular weight excluding hydrogens is 393 g/mol. The molecule has 4 nitrogen and oxygen atoms in total. The van der Waals surface area contributed by atoms with Gasteiger partial charge in [-0.3, -0.25) is 9.59 Å². The van der Waals surface area contributed by atoms with Gasteiger partial charge in [0.2, 0.25) is 0 Å². The Hall–Kier alpha value is -1.89. The van der Waals surface area contributed by atoms with E-state index in [1.807, 2.05) is 43.3 Å². The summed E-state index contributed by atoms with van der Waals surface area (Å²) < 4.78 is 5.98. The number of rotatable bonds is 5. The van der Waals surface area contributed by atoms with E-state index >= 15 is 0 Å². The van der Waals surface area contributed by atoms with Crippen molar-refractivity contribution in [2.75, 3.05) is 6.54 Å². The Bertz CT molecular complexity index is 685. The Kier molecular flexibility index (Phi) is 5.94. The molecule has 1 N–H and O–H groups in total. The first-order valence-electron chi connectivity index (χ1n) is 6.80. The Labute approximate surface area is 143 Å². The molecule has 0 saturated carbocycles. The summed E-state index contributed by atoms with van der Waals surface area (Å²) in [6.07, 6.45) is 0. The maximum atomic E-state index is 12.0. The predicted octanol–water partition coefficient (Wildman–Crippen LogP) is 3.07. The molecule has 0 radical (unpaired) electrons. The van der Waals surface area contributed by atoms with Crippen LogP contribution in [0.5, 0.6) is 0 Å². The summed E-state index contributed by atoms with van der Waals surface area (Å²) in [7, 11) is 0. The molecular formula is C17H16INO3. The first-order chi connectivity index (χ1) is 10.6. The van der Waals surface area contributed by atoms with Gasteiger partial charge >= 0.3 is 5.97 Å². The fraction of sp³-hybridized carbons (Fsp3) is 0.176. The monoisotopic (exact) mass is 409 g/mol. The van der Waals surface area contributed by atoms with Crippen LogP contribution in [0.25, 0.3) is 0 Å². The van der Waals surface area contributed by atoms with Crippen LogP contribution in [0.4, 0.5) is 0 Å². The average Bonchev–Trinajstić information content (AvgIpc) is 2.51. The first-order valence-corrected chi connectivity index (χ1v) is 7.88. The number of aryl methyl sites for hydroxylation is 1. The molecule has 2 rings (SSSR count). The molecule has 0 aliphatic carbocycles. The Morgan fingerprint density at radius 2 is 1.91 bits per heavy atom. The summed E-state index contributed by atoms with van der Waals surface area (Å²) in [4.78, 5) is 23.6. The third-order valence-corrected chi connectivity index (χ3v) is 3.93. The minimum absolute atomic E-state index is 0.143. The van der Waals surface area contributed by atoms with E-state index in [9.17, 15) is 9.59 Å². The molecule has 0 fully saturated rings. The van der Waals surface area contributed by atoms with E-state index in [2.05, 4.69) is 27.9 Å². The predicted molar refractivity (Wildman–Crippen MR) is 92.5 cm³/mol. The van der Waals surface area contributed by atoms with Crippen LogP contribution >= 0.6 is 22.6 Å². The molecule has 5 heteroatoms. The standard InChI is InChI=1S/C17H16INO3/c1-12-5-4-6-13(9-12)11-22-16(20)10-19-17(21)14-7-2-3-8-15(14)18/h2-9H,10-11H2,1H3,(H,19,21). The highest BCUT2D eigenvalue weighted by Gasteiger charge is 2.11. The largest absolute Gasteiger partial charge is 0.460 e. The van der Waals surface area contributed by atoms with E-state index in [1.54, 1.807) is 12.1 Å². The van der Waals surface area contributed by atoms with Gasteiger partial charge in [-0.1, -0.05) is 42.0 Å². The molecule has 0 atom stereocenters. The first kappa shape index (κ1) is 16.5. The van der Waals surface area contributed by atoms with Crippen LogP contribution < -0.4 is 5.32 Å². The van der Waals surface area contributed by atoms with Crippen molar-refractivity contribution in [2.45, 2.75) is 13.5 Å². The number of nitrogens with one attached hydrogen (secondary N) is 1. The molecule has 0 heterocycles. The molecule has 0 unspecified atom stereocenters. The number of amides is 1. The smallest absolute Gasteiger partial charge is 0.325 e. The highest BCUT2D eigenvalue weighted by Crippen LogP contribution is 2.11. The third-order valence-electron chi connectivity index (χ3n) is 2.99. The summed E-state index contributed by atoms with van der Waals surface area (Å²) in [6.45, 7) is 2.04. The second-order valence-corrected chi connectivity index (χ2v) is 5.97. The number of halogens is 1. The minimum Gasteiger partial charge on any atom is -0.460 e. The zero-order chi connectivity index (χ0) is 15.9. The summed E-state index contributed by atoms with van der Waals surface area (Å²) in [5, 5.41) is 2.57. The highest BCUT2D eigenvalue weighted by atomic mass is 127. The van der Waals surface area contributed by atoms with Gasteiger partial charge in [0.15, 0.2) is 0 Å². The van der Waals surface area contributed by atoms with Gasteiger partial charge in [-0.05, 0) is 47.2 Å². The number of carbonyl (C=O) groups is 2. The van der Waals surface area contributed by atoms with Crippen LogP contribution in [0, 0.1) is 10.5 Å². The molecule has 0 saturated heterocycles. The lowest BCUT2D eigenvalue weighted by atomic mass is 10.1. The van der Waals surface area contributed by atoms with Crippen LogP contribution in [0.3, 0.4) is 0 Å². The second kappa shape index (κ2) is 7.93. The number of carbonyl (C=O) groups excluding carboxylic acids is 2. The van der Waals surface area contributed by atoms with Crippen LogP contribution in [0.15, 0.2) is 48.5 Å². The minimum atomic E-state index is -0.458. The van der Waals surface area contributed by atoms with Crippen molar-refractivity contribution in [3.05, 3.63) is 68.8 Å². The van der Waals surface area contributed by atoms with E-state index in [4.69, 9.17) is 4.74 Å². The molecule has 114 valence electrons. The molecule has 2 aromatic carbocycles. The van der Waals surface area contributed by atoms with E-state index < -0.39 is 5.97 Å². The van der Waals surface area contributed by atoms with Gasteiger partial charge in [0.05, 0.1) is 5.56 Å². The summed E-state index contributed by atoms with van der Waals surface area (Å²) in [6, 6.07) is 14.9. The van der Waals surface area contributed by atoms with Crippen LogP contribution in [0.1, 0.15) is 21.5 Å². The van der Waals surface area contributed by atoms with Crippen molar-refractivity contribution >= 4 is 34.5 Å². The van der Waals surface area contributed by atoms with Gasteiger partial charge in [0, 0.05) is 3.57 Å². The van der Waals surface area contributed by atoms with Crippen molar-refractivity contribution in [3.8, 4) is 0 Å². The van der Waals surface area contributed by atoms with Gasteiger partial charge in [-0.2, -0.15) is 0 Å². The highest BCUT2D eigenvalue weighted by molar-refractivity contribution is 14.1. The van der Waals surface area contributed by atoms with Crippen LogP contribution in [0.2, 0.25) is 0 Å². The maximum absolute atomic E-state index is 12.0. The lowest BCUT2D eigenvalue weighted by Gasteiger charge is -2.08. The summed E-state index contributed by atoms with van der Waals surface area (Å²) in [5.41, 5.74) is 2.59. The fourth-order valence-corrected chi connectivity index (χ4v) is 2.54. The van der Waals surface area contributed by atoms with Gasteiger partial charge in [-0.15, -0.1) is 0 Å². The van der Waals surface area contributed by atoms with E-state index in [1.165, 1.54) is 0 Å². The topological polar surface area (TPSA) is 55.4 Å². The van der Waals surface area contributed by atoms with Crippen molar-refractivity contribution < 1.29 is 14.3 Å². The van der Waals surface area contributed by atoms with Crippen molar-refractivity contribution in [2.24, 2.45) is 0 Å². The number of esters is 1. The quantitative estimate of drug-likeness (QED) is 0.610. The normalized spacial score (nSPS) is 10.1. The molecule has 0 aliphatic rings. The molecule has 22 heavy (non-hydrogen) atoms. The Balaban J connectivity index is 1.81. The lowest BCUT2D eigenvalue weighted by molar-refractivity contribution is -0.143. The molecule has 0 aliphatic heterocycles. The zero-order valence-electron chi connectivity index (χ0n) is 12.1. The third kappa shape index (κ3) is 4.84. The second-order valence-electron chi connectivity index (χ2n) is 4.81. The van der Waals surface area contributed by atoms with E-state index in [0.29, 0.717) is 5.56 Å². The molecule has 1 amide bonds. The van der Waals surface area contributed by atoms with Crippen LogP contribution in [-0.4, -0.2) is 18.4 Å². The van der Waals surface area contributed by atoms with Crippen molar-refractivity contribution in [1.82, 2.24) is 5.32 Å². The number of benzene rings is 2. The Morgan fingerprint density at radius 1 is 1.14 bits per heavy atom. The van der Waals surface area contributed by atoms with E-state index in [0.717, 1.165) is 14.7 Å². The van der Waals surface area contributed by atoms with Crippen molar-refractivity contribution in [3.63, 3.8) is 0 Å². The molecule has 0 bridgehead atoms. The summed E-state index contributed by atoms with van der Waals surface area (Å²) >= 11 is 2.08. The Morgan fingerprint density at radius 3 is 2.64 bits per heavy atom. The number of ether oxygens (including phenoxy) is 1. The number of hydrogen-bond donors (Lipinski definition) is 1. The molecule has 2 aromatic rings. The molecule has 0 aromatic heterocycles. The SMILES string of the molecule is Cc1cccc(COC(=O)CNC(=O)c2ccccc2I)c1. The lowest BCUT2D eigenvalue weighted by Crippen LogP contribution is -2.31. The van der Waals surface area contributed by atoms with Crippen LogP contribution in [-0.2, 0) is 16.1 Å². The van der Waals surface area contributed by atoms with Gasteiger partial charge in [-0.25, -0.2) is 0 Å². The van der Waals surface area contributed by atoms with Gasteiger partial charge in [0.25, 0.3) is 5.91 Å². The summed E-state index contributed by atoms with van der Waals surface area (Å²) in [5.74, 6) is -0.738. The fourth-order valence-electron chi connectivity index (χ4n) is 1.91. The van der Waals surface area contributed by atoms with Crippen molar-refractivity contribution in [1.29, 1.82) is 0 Å². The van der Waals surface area contributed by atoms with E-state index in [-0.39, 0.29) is 19.1 Å². The average molecular weight is 409 g/mol. The maximum Gasteiger partial charge on any atom is 0.325 e. The zero-order valence-corrected chi connectivity index (χ0v) is 14.3. The van der Waals surface area contributed by atoms with Gasteiger partial charge < -0.3 is 10.1 Å². The van der Waals surface area contributed by atoms with Gasteiger partial charge in [0.1, 0.15) is 13.2 Å². The number of hydrogen-bond acceptors (Lipinski definition) is 3. The molecule has 0 spiro atoms.